The number of rotatable bonds is 1. The lowest BCUT2D eigenvalue weighted by Gasteiger charge is -2.49. The fourth-order valence-corrected chi connectivity index (χ4v) is 4.85. The minimum absolute atomic E-state index is 0.236. The number of imide groups is 2. The zero-order valence-corrected chi connectivity index (χ0v) is 15.0. The monoisotopic (exact) mass is 379 g/mol. The van der Waals surface area contributed by atoms with Gasteiger partial charge in [-0.1, -0.05) is 18.2 Å². The van der Waals surface area contributed by atoms with Gasteiger partial charge in [0.05, 0.1) is 11.7 Å². The van der Waals surface area contributed by atoms with E-state index < -0.39 is 29.1 Å². The fraction of sp³-hybridized carbons (Fsp3) is 0.286. The van der Waals surface area contributed by atoms with Gasteiger partial charge in [0.25, 0.3) is 5.91 Å². The molecular formula is C21H18FN3O3. The Morgan fingerprint density at radius 2 is 1.79 bits per heavy atom. The molecule has 0 radical (unpaired) electrons. The van der Waals surface area contributed by atoms with Gasteiger partial charge in [0.15, 0.2) is 5.41 Å². The molecule has 2 saturated heterocycles. The Hall–Kier alpha value is -3.22. The first-order valence-corrected chi connectivity index (χ1v) is 9.32. The second-order valence-electron chi connectivity index (χ2n) is 7.50. The second-order valence-corrected chi connectivity index (χ2v) is 7.50. The third-order valence-corrected chi connectivity index (χ3v) is 6.09. The number of halogens is 1. The first kappa shape index (κ1) is 16.9. The lowest BCUT2D eigenvalue weighted by atomic mass is 9.68. The number of barbiturate groups is 1. The molecule has 3 aliphatic heterocycles. The standard InChI is InChI=1S/C21H18FN3O3/c22-14-7-9-15(10-8-14)25-19(27)21(18(26)23-20(25)28)12-13-4-1-2-5-16(13)24-11-3-6-17(21)24/h1-2,4-5,7-10,17H,3,6,11-12H2,(H,23,26,28)/t17-,21-/m1/s1. The van der Waals surface area contributed by atoms with Crippen LogP contribution in [0.4, 0.5) is 20.6 Å². The van der Waals surface area contributed by atoms with Crippen LogP contribution in [0.5, 0.6) is 0 Å². The molecule has 5 rings (SSSR count). The lowest BCUT2D eigenvalue weighted by Crippen LogP contribution is -2.71. The number of carbonyl (C=O) groups excluding carboxylic acids is 3. The summed E-state index contributed by atoms with van der Waals surface area (Å²) in [5.41, 5.74) is 0.825. The van der Waals surface area contributed by atoms with Crippen molar-refractivity contribution in [1.82, 2.24) is 5.32 Å². The van der Waals surface area contributed by atoms with E-state index >= 15 is 0 Å². The Morgan fingerprint density at radius 1 is 1.04 bits per heavy atom. The lowest BCUT2D eigenvalue weighted by molar-refractivity contribution is -0.144. The molecular weight excluding hydrogens is 361 g/mol. The van der Waals surface area contributed by atoms with Crippen LogP contribution >= 0.6 is 0 Å². The number of nitrogens with zero attached hydrogens (tertiary/aromatic N) is 2. The van der Waals surface area contributed by atoms with E-state index in [1.54, 1.807) is 0 Å². The maximum atomic E-state index is 13.7. The summed E-state index contributed by atoms with van der Waals surface area (Å²) in [6.45, 7) is 0.758. The van der Waals surface area contributed by atoms with Crippen LogP contribution in [0.3, 0.4) is 0 Å². The summed E-state index contributed by atoms with van der Waals surface area (Å²) in [7, 11) is 0. The average Bonchev–Trinajstić information content (AvgIpc) is 3.18. The van der Waals surface area contributed by atoms with Crippen LogP contribution in [0.15, 0.2) is 48.5 Å². The molecule has 7 heteroatoms. The molecule has 28 heavy (non-hydrogen) atoms. The van der Waals surface area contributed by atoms with Crippen LogP contribution < -0.4 is 15.1 Å². The van der Waals surface area contributed by atoms with Crippen molar-refractivity contribution in [2.75, 3.05) is 16.3 Å². The third-order valence-electron chi connectivity index (χ3n) is 6.09. The topological polar surface area (TPSA) is 69.7 Å². The molecule has 142 valence electrons. The van der Waals surface area contributed by atoms with Crippen LogP contribution in [-0.2, 0) is 16.0 Å². The largest absolute Gasteiger partial charge is 0.367 e. The van der Waals surface area contributed by atoms with Crippen molar-refractivity contribution in [3.8, 4) is 0 Å². The number of hydrogen-bond acceptors (Lipinski definition) is 4. The van der Waals surface area contributed by atoms with Crippen LogP contribution in [0.25, 0.3) is 0 Å². The Labute approximate surface area is 160 Å². The number of hydrogen-bond donors (Lipinski definition) is 1. The van der Waals surface area contributed by atoms with E-state index in [2.05, 4.69) is 10.2 Å². The number of benzene rings is 2. The highest BCUT2D eigenvalue weighted by Gasteiger charge is 2.62. The minimum atomic E-state index is -1.38. The van der Waals surface area contributed by atoms with Crippen molar-refractivity contribution in [2.24, 2.45) is 5.41 Å². The van der Waals surface area contributed by atoms with E-state index in [1.807, 2.05) is 24.3 Å². The van der Waals surface area contributed by atoms with Gasteiger partial charge in [-0.2, -0.15) is 0 Å². The van der Waals surface area contributed by atoms with Crippen molar-refractivity contribution in [1.29, 1.82) is 0 Å². The van der Waals surface area contributed by atoms with Crippen molar-refractivity contribution in [3.05, 3.63) is 59.9 Å². The number of carbonyl (C=O) groups is 3. The van der Waals surface area contributed by atoms with Gasteiger partial charge in [0.2, 0.25) is 5.91 Å². The number of urea groups is 1. The summed E-state index contributed by atoms with van der Waals surface area (Å²) in [5, 5.41) is 2.38. The summed E-state index contributed by atoms with van der Waals surface area (Å²) in [6.07, 6.45) is 1.80. The predicted molar refractivity (Wildman–Crippen MR) is 100 cm³/mol. The summed E-state index contributed by atoms with van der Waals surface area (Å²) in [5.74, 6) is -1.56. The van der Waals surface area contributed by atoms with Crippen molar-refractivity contribution in [3.63, 3.8) is 0 Å². The first-order chi connectivity index (χ1) is 13.5. The van der Waals surface area contributed by atoms with Crippen molar-refractivity contribution < 1.29 is 18.8 Å². The molecule has 2 aromatic rings. The fourth-order valence-electron chi connectivity index (χ4n) is 4.85. The molecule has 0 aliphatic carbocycles. The highest BCUT2D eigenvalue weighted by atomic mass is 19.1. The maximum absolute atomic E-state index is 13.7. The second kappa shape index (κ2) is 5.89. The smallest absolute Gasteiger partial charge is 0.335 e. The third kappa shape index (κ3) is 2.16. The quantitative estimate of drug-likeness (QED) is 0.774. The molecule has 3 heterocycles. The van der Waals surface area contributed by atoms with Gasteiger partial charge in [0.1, 0.15) is 5.82 Å². The molecule has 3 aliphatic rings. The van der Waals surface area contributed by atoms with Gasteiger partial charge in [-0.3, -0.25) is 14.9 Å². The number of nitrogens with one attached hydrogen (secondary N) is 1. The van der Waals surface area contributed by atoms with Crippen LogP contribution in [0.1, 0.15) is 18.4 Å². The Kier molecular flexibility index (Phi) is 3.56. The van der Waals surface area contributed by atoms with E-state index in [0.29, 0.717) is 6.42 Å². The number of para-hydroxylation sites is 1. The first-order valence-electron chi connectivity index (χ1n) is 9.32. The van der Waals surface area contributed by atoms with Gasteiger partial charge in [-0.25, -0.2) is 14.1 Å². The zero-order chi connectivity index (χ0) is 19.5. The molecule has 6 nitrogen and oxygen atoms in total. The molecule has 1 N–H and O–H groups in total. The highest BCUT2D eigenvalue weighted by molar-refractivity contribution is 6.30. The molecule has 0 aromatic heterocycles. The van der Waals surface area contributed by atoms with Crippen LogP contribution in [-0.4, -0.2) is 30.4 Å². The van der Waals surface area contributed by atoms with Gasteiger partial charge in [-0.15, -0.1) is 0 Å². The SMILES string of the molecule is O=C1NC(=O)[C@]2(Cc3ccccc3N3CCC[C@@H]32)C(=O)N1c1ccc(F)cc1. The van der Waals surface area contributed by atoms with Gasteiger partial charge in [0, 0.05) is 12.2 Å². The van der Waals surface area contributed by atoms with Gasteiger partial charge >= 0.3 is 6.03 Å². The van der Waals surface area contributed by atoms with Gasteiger partial charge < -0.3 is 4.90 Å². The van der Waals surface area contributed by atoms with Crippen LogP contribution in [0, 0.1) is 11.2 Å². The van der Waals surface area contributed by atoms with E-state index in [-0.39, 0.29) is 18.2 Å². The molecule has 2 fully saturated rings. The minimum Gasteiger partial charge on any atom is -0.367 e. The van der Waals surface area contributed by atoms with Crippen molar-refractivity contribution >= 4 is 29.2 Å². The number of anilines is 2. The normalized spacial score (nSPS) is 26.3. The van der Waals surface area contributed by atoms with E-state index in [9.17, 15) is 18.8 Å². The molecule has 1 spiro atoms. The zero-order valence-electron chi connectivity index (χ0n) is 15.0. The number of amides is 4. The van der Waals surface area contributed by atoms with E-state index in [4.69, 9.17) is 0 Å². The highest BCUT2D eigenvalue weighted by Crippen LogP contribution is 2.48. The van der Waals surface area contributed by atoms with Gasteiger partial charge in [-0.05, 0) is 55.2 Å². The predicted octanol–water partition coefficient (Wildman–Crippen LogP) is 2.62. The van der Waals surface area contributed by atoms with E-state index in [1.165, 1.54) is 24.3 Å². The Morgan fingerprint density at radius 3 is 2.57 bits per heavy atom. The summed E-state index contributed by atoms with van der Waals surface area (Å²) >= 11 is 0. The Balaban J connectivity index is 1.65. The molecule has 0 unspecified atom stereocenters. The van der Waals surface area contributed by atoms with E-state index in [0.717, 1.165) is 29.1 Å². The molecule has 4 amide bonds. The summed E-state index contributed by atoms with van der Waals surface area (Å²) in [6, 6.07) is 11.8. The summed E-state index contributed by atoms with van der Waals surface area (Å²) in [4.78, 5) is 42.4. The number of fused-ring (bicyclic) bond motifs is 4. The molecule has 0 saturated carbocycles. The Bertz CT molecular complexity index is 1010. The van der Waals surface area contributed by atoms with Crippen LogP contribution in [0.2, 0.25) is 0 Å². The summed E-state index contributed by atoms with van der Waals surface area (Å²) < 4.78 is 13.3. The molecule has 0 bridgehead atoms. The average molecular weight is 379 g/mol. The maximum Gasteiger partial charge on any atom is 0.335 e. The molecule has 2 atom stereocenters. The molecule has 2 aromatic carbocycles. The van der Waals surface area contributed by atoms with Crippen molar-refractivity contribution in [2.45, 2.75) is 25.3 Å².